The van der Waals surface area contributed by atoms with Gasteiger partial charge in [-0.2, -0.15) is 4.98 Å². The first kappa shape index (κ1) is 18.2. The molecule has 0 aliphatic carbocycles. The second-order valence-corrected chi connectivity index (χ2v) is 6.84. The summed E-state index contributed by atoms with van der Waals surface area (Å²) in [7, 11) is 1.64. The molecule has 0 N–H and O–H groups in total. The lowest BCUT2D eigenvalue weighted by molar-refractivity contribution is 0.137. The largest absolute Gasteiger partial charge is 0.380 e. The fourth-order valence-electron chi connectivity index (χ4n) is 3.62. The first-order valence-electron chi connectivity index (χ1n) is 9.29. The van der Waals surface area contributed by atoms with Crippen LogP contribution in [0, 0.1) is 13.8 Å². The topological polar surface area (TPSA) is 75.5 Å². The van der Waals surface area contributed by atoms with E-state index in [0.717, 1.165) is 16.9 Å². The van der Waals surface area contributed by atoms with Gasteiger partial charge in [-0.05, 0) is 32.4 Å². The van der Waals surface area contributed by atoms with Crippen molar-refractivity contribution in [3.8, 4) is 5.69 Å². The molecule has 0 fully saturated rings. The van der Waals surface area contributed by atoms with E-state index in [1.165, 1.54) is 9.13 Å². The predicted molar refractivity (Wildman–Crippen MR) is 107 cm³/mol. The van der Waals surface area contributed by atoms with E-state index in [-0.39, 0.29) is 12.1 Å². The van der Waals surface area contributed by atoms with E-state index in [4.69, 9.17) is 4.74 Å². The summed E-state index contributed by atoms with van der Waals surface area (Å²) in [6, 6.07) is 8.00. The Hall–Kier alpha value is -3.13. The standard InChI is InChI=1S/C20H23N5O3/c1-5-28-11-10-23-18(26)16-17(22(4)20(23)27)21-19-24(16)12-14(3)25(19)15-9-7-6-8-13(15)2/h6-9,12H,5,10-11H2,1-4H3. The van der Waals surface area contributed by atoms with Crippen molar-refractivity contribution in [1.29, 1.82) is 0 Å². The minimum atomic E-state index is -0.392. The van der Waals surface area contributed by atoms with Gasteiger partial charge in [-0.15, -0.1) is 0 Å². The maximum absolute atomic E-state index is 13.1. The second kappa shape index (κ2) is 6.79. The lowest BCUT2D eigenvalue weighted by atomic mass is 10.2. The Morgan fingerprint density at radius 3 is 2.61 bits per heavy atom. The summed E-state index contributed by atoms with van der Waals surface area (Å²) in [5, 5.41) is 0. The van der Waals surface area contributed by atoms with Crippen molar-refractivity contribution in [2.24, 2.45) is 7.05 Å². The Balaban J connectivity index is 2.04. The highest BCUT2D eigenvalue weighted by Crippen LogP contribution is 2.22. The second-order valence-electron chi connectivity index (χ2n) is 6.84. The van der Waals surface area contributed by atoms with E-state index in [2.05, 4.69) is 4.98 Å². The van der Waals surface area contributed by atoms with Crippen LogP contribution in [0.5, 0.6) is 0 Å². The van der Waals surface area contributed by atoms with E-state index in [9.17, 15) is 9.59 Å². The summed E-state index contributed by atoms with van der Waals surface area (Å²) >= 11 is 0. The number of ether oxygens (including phenoxy) is 1. The lowest BCUT2D eigenvalue weighted by Crippen LogP contribution is -2.40. The molecular formula is C20H23N5O3. The molecular weight excluding hydrogens is 358 g/mol. The van der Waals surface area contributed by atoms with Crippen LogP contribution in [0.25, 0.3) is 22.6 Å². The van der Waals surface area contributed by atoms with Gasteiger partial charge in [-0.3, -0.25) is 22.9 Å². The van der Waals surface area contributed by atoms with Crippen LogP contribution in [0.15, 0.2) is 40.1 Å². The van der Waals surface area contributed by atoms with E-state index >= 15 is 0 Å². The fourth-order valence-corrected chi connectivity index (χ4v) is 3.62. The third-order valence-electron chi connectivity index (χ3n) is 5.05. The Bertz CT molecular complexity index is 1310. The Morgan fingerprint density at radius 1 is 1.14 bits per heavy atom. The molecule has 146 valence electrons. The summed E-state index contributed by atoms with van der Waals surface area (Å²) in [6.07, 6.45) is 1.88. The van der Waals surface area contributed by atoms with Crippen LogP contribution in [0.2, 0.25) is 0 Å². The molecule has 8 nitrogen and oxygen atoms in total. The van der Waals surface area contributed by atoms with Gasteiger partial charge in [0.15, 0.2) is 11.2 Å². The molecule has 0 radical (unpaired) electrons. The molecule has 0 aliphatic rings. The minimum Gasteiger partial charge on any atom is -0.380 e. The normalized spacial score (nSPS) is 11.7. The van der Waals surface area contributed by atoms with Crippen molar-refractivity contribution in [2.75, 3.05) is 13.2 Å². The Kier molecular flexibility index (Phi) is 4.43. The minimum absolute atomic E-state index is 0.208. The molecule has 3 aromatic heterocycles. The average Bonchev–Trinajstić information content (AvgIpc) is 3.18. The van der Waals surface area contributed by atoms with Gasteiger partial charge in [-0.1, -0.05) is 18.2 Å². The van der Waals surface area contributed by atoms with Crippen molar-refractivity contribution in [1.82, 2.24) is 23.1 Å². The molecule has 1 aromatic carbocycles. The lowest BCUT2D eigenvalue weighted by Gasteiger charge is -2.09. The van der Waals surface area contributed by atoms with Crippen molar-refractivity contribution in [2.45, 2.75) is 27.3 Å². The first-order chi connectivity index (χ1) is 13.5. The van der Waals surface area contributed by atoms with Gasteiger partial charge < -0.3 is 4.74 Å². The van der Waals surface area contributed by atoms with Crippen molar-refractivity contribution < 1.29 is 4.74 Å². The molecule has 4 rings (SSSR count). The van der Waals surface area contributed by atoms with Crippen LogP contribution in [0.4, 0.5) is 0 Å². The highest BCUT2D eigenvalue weighted by molar-refractivity contribution is 5.76. The number of para-hydroxylation sites is 1. The van der Waals surface area contributed by atoms with Crippen LogP contribution in [0.1, 0.15) is 18.2 Å². The monoisotopic (exact) mass is 381 g/mol. The molecule has 0 aliphatic heterocycles. The van der Waals surface area contributed by atoms with Crippen LogP contribution in [-0.4, -0.2) is 36.3 Å². The molecule has 8 heteroatoms. The zero-order valence-electron chi connectivity index (χ0n) is 16.5. The summed E-state index contributed by atoms with van der Waals surface area (Å²) < 4.78 is 11.7. The van der Waals surface area contributed by atoms with Crippen LogP contribution >= 0.6 is 0 Å². The van der Waals surface area contributed by atoms with E-state index < -0.39 is 5.69 Å². The number of hydrogen-bond donors (Lipinski definition) is 0. The van der Waals surface area contributed by atoms with Crippen LogP contribution in [-0.2, 0) is 18.3 Å². The molecule has 0 unspecified atom stereocenters. The number of rotatable bonds is 5. The summed E-state index contributed by atoms with van der Waals surface area (Å²) in [5.74, 6) is 0.608. The molecule has 0 saturated carbocycles. The predicted octanol–water partition coefficient (Wildman–Crippen LogP) is 1.79. The van der Waals surface area contributed by atoms with Crippen LogP contribution in [0.3, 0.4) is 0 Å². The zero-order chi connectivity index (χ0) is 20.0. The van der Waals surface area contributed by atoms with Gasteiger partial charge in [-0.25, -0.2) is 4.79 Å². The molecule has 0 saturated heterocycles. The molecule has 0 amide bonds. The first-order valence-corrected chi connectivity index (χ1v) is 9.29. The van der Waals surface area contributed by atoms with E-state index in [1.807, 2.05) is 55.8 Å². The van der Waals surface area contributed by atoms with Gasteiger partial charge in [0.25, 0.3) is 5.56 Å². The molecule has 3 heterocycles. The molecule has 4 aromatic rings. The number of aromatic nitrogens is 5. The summed E-state index contributed by atoms with van der Waals surface area (Å²) in [4.78, 5) is 30.5. The molecule has 0 spiro atoms. The number of hydrogen-bond acceptors (Lipinski definition) is 4. The summed E-state index contributed by atoms with van der Waals surface area (Å²) in [5.41, 5.74) is 3.06. The Labute approximate surface area is 161 Å². The third-order valence-corrected chi connectivity index (χ3v) is 5.05. The van der Waals surface area contributed by atoms with E-state index in [1.54, 1.807) is 11.4 Å². The number of benzene rings is 1. The van der Waals surface area contributed by atoms with Crippen LogP contribution < -0.4 is 11.2 Å². The average molecular weight is 381 g/mol. The van der Waals surface area contributed by atoms with Gasteiger partial charge in [0.2, 0.25) is 5.78 Å². The van der Waals surface area contributed by atoms with Gasteiger partial charge in [0.1, 0.15) is 0 Å². The van der Waals surface area contributed by atoms with E-state index in [0.29, 0.717) is 30.2 Å². The van der Waals surface area contributed by atoms with Crippen molar-refractivity contribution >= 4 is 16.9 Å². The Morgan fingerprint density at radius 2 is 1.89 bits per heavy atom. The fraction of sp³-hybridized carbons (Fsp3) is 0.350. The quantitative estimate of drug-likeness (QED) is 0.494. The van der Waals surface area contributed by atoms with Gasteiger partial charge in [0, 0.05) is 25.5 Å². The molecule has 0 bridgehead atoms. The highest BCUT2D eigenvalue weighted by atomic mass is 16.5. The maximum atomic E-state index is 13.1. The molecule has 28 heavy (non-hydrogen) atoms. The number of aryl methyl sites for hydroxylation is 3. The number of nitrogens with zero attached hydrogens (tertiary/aromatic N) is 5. The zero-order valence-corrected chi connectivity index (χ0v) is 16.5. The number of imidazole rings is 2. The SMILES string of the molecule is CCOCCn1c(=O)c2c(nc3n(-c4ccccc4C)c(C)cn23)n(C)c1=O. The van der Waals surface area contributed by atoms with Crippen molar-refractivity contribution in [3.63, 3.8) is 0 Å². The van der Waals surface area contributed by atoms with Gasteiger partial charge in [0.05, 0.1) is 18.8 Å². The third kappa shape index (κ3) is 2.60. The number of fused-ring (bicyclic) bond motifs is 3. The maximum Gasteiger partial charge on any atom is 0.332 e. The summed E-state index contributed by atoms with van der Waals surface area (Å²) in [6.45, 7) is 6.93. The smallest absolute Gasteiger partial charge is 0.332 e. The molecule has 0 atom stereocenters. The highest BCUT2D eigenvalue weighted by Gasteiger charge is 2.21. The van der Waals surface area contributed by atoms with Gasteiger partial charge >= 0.3 is 5.69 Å². The van der Waals surface area contributed by atoms with Crippen molar-refractivity contribution in [3.05, 3.63) is 62.6 Å².